The van der Waals surface area contributed by atoms with Crippen LogP contribution in [0, 0.1) is 5.82 Å². The van der Waals surface area contributed by atoms with Crippen LogP contribution >= 0.6 is 11.6 Å². The number of rotatable bonds is 1. The van der Waals surface area contributed by atoms with Crippen LogP contribution in [0.1, 0.15) is 0 Å². The van der Waals surface area contributed by atoms with Crippen molar-refractivity contribution in [2.24, 2.45) is 0 Å². The van der Waals surface area contributed by atoms with Gasteiger partial charge in [-0.2, -0.15) is 0 Å². The Morgan fingerprint density at radius 1 is 1.21 bits per heavy atom. The van der Waals surface area contributed by atoms with E-state index in [9.17, 15) is 4.39 Å². The van der Waals surface area contributed by atoms with Crippen molar-refractivity contribution in [1.29, 1.82) is 0 Å². The minimum atomic E-state index is -0.289. The van der Waals surface area contributed by atoms with Crippen LogP contribution in [-0.4, -0.2) is 4.98 Å². The van der Waals surface area contributed by atoms with E-state index in [0.717, 1.165) is 5.56 Å². The van der Waals surface area contributed by atoms with Crippen LogP contribution in [0.2, 0.25) is 5.02 Å². The second kappa shape index (κ2) is 3.76. The number of benzene rings is 1. The summed E-state index contributed by atoms with van der Waals surface area (Å²) in [7, 11) is 0. The van der Waals surface area contributed by atoms with Gasteiger partial charge in [0.2, 0.25) is 0 Å². The number of hydrogen-bond acceptors (Lipinski definition) is 1. The van der Waals surface area contributed by atoms with E-state index >= 15 is 0 Å². The molecule has 0 atom stereocenters. The summed E-state index contributed by atoms with van der Waals surface area (Å²) < 4.78 is 13.4. The molecular formula is C11H7ClFN. The van der Waals surface area contributed by atoms with Crippen molar-refractivity contribution in [2.75, 3.05) is 0 Å². The first-order chi connectivity index (χ1) is 6.77. The molecule has 0 fully saturated rings. The zero-order valence-electron chi connectivity index (χ0n) is 7.24. The molecule has 0 radical (unpaired) electrons. The zero-order valence-corrected chi connectivity index (χ0v) is 8.00. The first kappa shape index (κ1) is 9.16. The van der Waals surface area contributed by atoms with Crippen LogP contribution in [0.3, 0.4) is 0 Å². The van der Waals surface area contributed by atoms with Gasteiger partial charge in [0, 0.05) is 28.5 Å². The summed E-state index contributed by atoms with van der Waals surface area (Å²) in [5.74, 6) is -0.289. The van der Waals surface area contributed by atoms with Crippen molar-refractivity contribution in [3.8, 4) is 11.1 Å². The third-order valence-electron chi connectivity index (χ3n) is 1.90. The summed E-state index contributed by atoms with van der Waals surface area (Å²) in [6.07, 6.45) is 3.25. The van der Waals surface area contributed by atoms with Gasteiger partial charge in [0.15, 0.2) is 0 Å². The lowest BCUT2D eigenvalue weighted by Crippen LogP contribution is -1.84. The van der Waals surface area contributed by atoms with E-state index in [4.69, 9.17) is 11.6 Å². The molecule has 3 heteroatoms. The van der Waals surface area contributed by atoms with E-state index in [2.05, 4.69) is 4.98 Å². The Hall–Kier alpha value is -1.41. The molecule has 0 saturated heterocycles. The molecule has 0 spiro atoms. The van der Waals surface area contributed by atoms with Gasteiger partial charge in [0.05, 0.1) is 0 Å². The highest BCUT2D eigenvalue weighted by molar-refractivity contribution is 6.30. The molecule has 14 heavy (non-hydrogen) atoms. The van der Waals surface area contributed by atoms with Gasteiger partial charge in [-0.05, 0) is 24.3 Å². The Bertz CT molecular complexity index is 442. The van der Waals surface area contributed by atoms with Crippen molar-refractivity contribution in [1.82, 2.24) is 4.98 Å². The van der Waals surface area contributed by atoms with Gasteiger partial charge in [-0.25, -0.2) is 4.39 Å². The van der Waals surface area contributed by atoms with Crippen LogP contribution < -0.4 is 0 Å². The minimum absolute atomic E-state index is 0.289. The number of aromatic nitrogens is 1. The van der Waals surface area contributed by atoms with E-state index in [-0.39, 0.29) is 5.82 Å². The average Bonchev–Trinajstić information content (AvgIpc) is 2.23. The van der Waals surface area contributed by atoms with E-state index < -0.39 is 0 Å². The quantitative estimate of drug-likeness (QED) is 0.697. The molecule has 0 aliphatic heterocycles. The largest absolute Gasteiger partial charge is 0.264 e. The van der Waals surface area contributed by atoms with Gasteiger partial charge in [0.1, 0.15) is 5.82 Å². The van der Waals surface area contributed by atoms with Crippen LogP contribution in [-0.2, 0) is 0 Å². The maximum Gasteiger partial charge on any atom is 0.131 e. The average molecular weight is 208 g/mol. The highest BCUT2D eigenvalue weighted by Gasteiger charge is 2.04. The highest BCUT2D eigenvalue weighted by atomic mass is 35.5. The molecule has 0 aliphatic carbocycles. The topological polar surface area (TPSA) is 12.9 Å². The van der Waals surface area contributed by atoms with Crippen LogP contribution in [0.15, 0.2) is 42.7 Å². The van der Waals surface area contributed by atoms with Crippen LogP contribution in [0.25, 0.3) is 11.1 Å². The summed E-state index contributed by atoms with van der Waals surface area (Å²) >= 11 is 5.78. The molecule has 2 rings (SSSR count). The molecule has 0 bridgehead atoms. The fourth-order valence-corrected chi connectivity index (χ4v) is 1.41. The molecule has 70 valence electrons. The Labute approximate surface area is 86.2 Å². The van der Waals surface area contributed by atoms with Gasteiger partial charge in [0.25, 0.3) is 0 Å². The Kier molecular flexibility index (Phi) is 2.46. The maximum absolute atomic E-state index is 13.4. The molecule has 1 nitrogen and oxygen atoms in total. The number of hydrogen-bond donors (Lipinski definition) is 0. The van der Waals surface area contributed by atoms with Crippen LogP contribution in [0.5, 0.6) is 0 Å². The molecule has 0 unspecified atom stereocenters. The van der Waals surface area contributed by atoms with Gasteiger partial charge in [-0.1, -0.05) is 17.7 Å². The van der Waals surface area contributed by atoms with Crippen LogP contribution in [0.4, 0.5) is 4.39 Å². The lowest BCUT2D eigenvalue weighted by Gasteiger charge is -2.02. The first-order valence-electron chi connectivity index (χ1n) is 4.13. The maximum atomic E-state index is 13.4. The third-order valence-corrected chi connectivity index (χ3v) is 2.14. The lowest BCUT2D eigenvalue weighted by atomic mass is 10.1. The summed E-state index contributed by atoms with van der Waals surface area (Å²) in [5, 5.41) is 0.519. The van der Waals surface area contributed by atoms with Crippen molar-refractivity contribution in [3.05, 3.63) is 53.6 Å². The minimum Gasteiger partial charge on any atom is -0.264 e. The van der Waals surface area contributed by atoms with Gasteiger partial charge in [-0.15, -0.1) is 0 Å². The molecule has 0 N–H and O–H groups in total. The molecule has 1 aromatic heterocycles. The number of nitrogens with zero attached hydrogens (tertiary/aromatic N) is 1. The van der Waals surface area contributed by atoms with E-state index in [1.165, 1.54) is 12.1 Å². The second-order valence-corrected chi connectivity index (χ2v) is 3.30. The monoisotopic (exact) mass is 207 g/mol. The molecule has 0 saturated carbocycles. The molecular weight excluding hydrogens is 201 g/mol. The molecule has 0 aliphatic rings. The van der Waals surface area contributed by atoms with Crippen molar-refractivity contribution in [2.45, 2.75) is 0 Å². The second-order valence-electron chi connectivity index (χ2n) is 2.87. The lowest BCUT2D eigenvalue weighted by molar-refractivity contribution is 0.631. The standard InChI is InChI=1S/C11H7ClFN/c12-9-3-4-11(13)10(6-9)8-2-1-5-14-7-8/h1-7H. The van der Waals surface area contributed by atoms with Gasteiger partial charge >= 0.3 is 0 Å². The molecule has 0 amide bonds. The molecule has 1 heterocycles. The Morgan fingerprint density at radius 2 is 2.07 bits per heavy atom. The first-order valence-corrected chi connectivity index (χ1v) is 4.50. The fourth-order valence-electron chi connectivity index (χ4n) is 1.24. The summed E-state index contributed by atoms with van der Waals surface area (Å²) in [6, 6.07) is 8.02. The predicted molar refractivity (Wildman–Crippen MR) is 54.6 cm³/mol. The molecule has 1 aromatic carbocycles. The zero-order chi connectivity index (χ0) is 9.97. The summed E-state index contributed by atoms with van der Waals surface area (Å²) in [5.41, 5.74) is 1.21. The van der Waals surface area contributed by atoms with Crippen molar-refractivity contribution >= 4 is 11.6 Å². The fraction of sp³-hybridized carbons (Fsp3) is 0. The molecule has 2 aromatic rings. The van der Waals surface area contributed by atoms with E-state index in [0.29, 0.717) is 10.6 Å². The number of pyridine rings is 1. The van der Waals surface area contributed by atoms with Gasteiger partial charge in [-0.3, -0.25) is 4.98 Å². The highest BCUT2D eigenvalue weighted by Crippen LogP contribution is 2.24. The Balaban J connectivity index is 2.57. The Morgan fingerprint density at radius 3 is 2.79 bits per heavy atom. The van der Waals surface area contributed by atoms with E-state index in [1.807, 2.05) is 0 Å². The normalized spacial score (nSPS) is 10.1. The van der Waals surface area contributed by atoms with E-state index in [1.54, 1.807) is 30.6 Å². The number of halogens is 2. The summed E-state index contributed by atoms with van der Waals surface area (Å²) in [4.78, 5) is 3.92. The SMILES string of the molecule is Fc1ccc(Cl)cc1-c1cccnc1. The van der Waals surface area contributed by atoms with Crippen molar-refractivity contribution in [3.63, 3.8) is 0 Å². The predicted octanol–water partition coefficient (Wildman–Crippen LogP) is 3.54. The third kappa shape index (κ3) is 1.75. The smallest absolute Gasteiger partial charge is 0.131 e. The van der Waals surface area contributed by atoms with Gasteiger partial charge < -0.3 is 0 Å². The summed E-state index contributed by atoms with van der Waals surface area (Å²) in [6.45, 7) is 0. The van der Waals surface area contributed by atoms with Crippen molar-refractivity contribution < 1.29 is 4.39 Å².